The van der Waals surface area contributed by atoms with E-state index in [4.69, 9.17) is 10.2 Å². The Hall–Kier alpha value is -3.07. The number of carbonyl (C=O) groups excluding carboxylic acids is 1. The number of halogens is 2. The Labute approximate surface area is 173 Å². The molecule has 2 aromatic rings. The molecule has 1 amide bonds. The number of amides is 1. The SMILES string of the molecule is CC(C)CC(=O)NC(C)c1ccc(C(=O)O)cc1.OCc1cc(OC(F)F)ccn1. The fourth-order valence-corrected chi connectivity index (χ4v) is 2.39. The molecule has 1 atom stereocenters. The average molecular weight is 424 g/mol. The number of nitrogens with zero attached hydrogens (tertiary/aromatic N) is 1. The molecule has 2 rings (SSSR count). The Kier molecular flexibility index (Phi) is 10.4. The molecule has 0 saturated carbocycles. The maximum atomic E-state index is 11.7. The number of ether oxygens (including phenoxy) is 1. The second-order valence-corrected chi connectivity index (χ2v) is 6.83. The average Bonchev–Trinajstić information content (AvgIpc) is 2.67. The minimum Gasteiger partial charge on any atom is -0.478 e. The number of carbonyl (C=O) groups is 2. The molecule has 3 N–H and O–H groups in total. The molecule has 0 aliphatic carbocycles. The van der Waals surface area contributed by atoms with Crippen LogP contribution in [-0.4, -0.2) is 33.7 Å². The molecule has 0 saturated heterocycles. The number of rotatable bonds is 8. The van der Waals surface area contributed by atoms with Crippen molar-refractivity contribution in [3.05, 3.63) is 59.4 Å². The number of aliphatic hydroxyl groups is 1. The van der Waals surface area contributed by atoms with Crippen molar-refractivity contribution in [2.24, 2.45) is 5.92 Å². The van der Waals surface area contributed by atoms with Gasteiger partial charge in [0.05, 0.1) is 23.9 Å². The van der Waals surface area contributed by atoms with E-state index in [1.165, 1.54) is 18.3 Å². The van der Waals surface area contributed by atoms with Crippen LogP contribution < -0.4 is 10.1 Å². The number of aliphatic hydroxyl groups excluding tert-OH is 1. The molecule has 1 aromatic heterocycles. The normalized spacial score (nSPS) is 11.5. The summed E-state index contributed by atoms with van der Waals surface area (Å²) in [7, 11) is 0. The highest BCUT2D eigenvalue weighted by atomic mass is 19.3. The van der Waals surface area contributed by atoms with Gasteiger partial charge in [0.25, 0.3) is 0 Å². The van der Waals surface area contributed by atoms with Crippen LogP contribution in [0.2, 0.25) is 0 Å². The lowest BCUT2D eigenvalue weighted by Gasteiger charge is -2.15. The minimum atomic E-state index is -2.85. The topological polar surface area (TPSA) is 109 Å². The number of alkyl halides is 2. The molecule has 30 heavy (non-hydrogen) atoms. The van der Waals surface area contributed by atoms with E-state index >= 15 is 0 Å². The van der Waals surface area contributed by atoms with Crippen LogP contribution in [0.1, 0.15) is 54.8 Å². The zero-order valence-corrected chi connectivity index (χ0v) is 17.0. The summed E-state index contributed by atoms with van der Waals surface area (Å²) < 4.78 is 27.4. The molecule has 164 valence electrons. The van der Waals surface area contributed by atoms with E-state index in [-0.39, 0.29) is 29.9 Å². The fourth-order valence-electron chi connectivity index (χ4n) is 2.39. The summed E-state index contributed by atoms with van der Waals surface area (Å²) in [6, 6.07) is 8.98. The zero-order valence-electron chi connectivity index (χ0n) is 17.0. The lowest BCUT2D eigenvalue weighted by molar-refractivity contribution is -0.122. The number of benzene rings is 1. The smallest absolute Gasteiger partial charge is 0.387 e. The quantitative estimate of drug-likeness (QED) is 0.595. The standard InChI is InChI=1S/C14H19NO3.C7H7F2NO2/c1-9(2)8-13(16)15-10(3)11-4-6-12(7-5-11)14(17)18;8-7(9)12-6-1-2-10-5(3-6)4-11/h4-7,9-10H,8H2,1-3H3,(H,15,16)(H,17,18);1-3,7,11H,4H2. The van der Waals surface area contributed by atoms with Gasteiger partial charge in [-0.3, -0.25) is 9.78 Å². The second kappa shape index (κ2) is 12.5. The van der Waals surface area contributed by atoms with Crippen molar-refractivity contribution < 1.29 is 33.3 Å². The Bertz CT molecular complexity index is 813. The summed E-state index contributed by atoms with van der Waals surface area (Å²) in [5.74, 6) is -0.603. The van der Waals surface area contributed by atoms with Crippen LogP contribution in [0.4, 0.5) is 8.78 Å². The van der Waals surface area contributed by atoms with Gasteiger partial charge in [-0.1, -0.05) is 26.0 Å². The zero-order chi connectivity index (χ0) is 22.7. The van der Waals surface area contributed by atoms with E-state index in [0.29, 0.717) is 18.0 Å². The summed E-state index contributed by atoms with van der Waals surface area (Å²) in [5.41, 5.74) is 1.45. The predicted molar refractivity (Wildman–Crippen MR) is 106 cm³/mol. The van der Waals surface area contributed by atoms with Gasteiger partial charge in [0, 0.05) is 18.7 Å². The lowest BCUT2D eigenvalue weighted by atomic mass is 10.1. The number of pyridine rings is 1. The van der Waals surface area contributed by atoms with Crippen molar-refractivity contribution >= 4 is 11.9 Å². The molecule has 1 unspecified atom stereocenters. The van der Waals surface area contributed by atoms with Crippen molar-refractivity contribution in [2.75, 3.05) is 0 Å². The number of carboxylic acids is 1. The first-order valence-corrected chi connectivity index (χ1v) is 9.25. The molecule has 9 heteroatoms. The number of hydrogen-bond acceptors (Lipinski definition) is 5. The summed E-state index contributed by atoms with van der Waals surface area (Å²) in [6.45, 7) is 2.73. The molecule has 7 nitrogen and oxygen atoms in total. The molecule has 0 spiro atoms. The van der Waals surface area contributed by atoms with Gasteiger partial charge in [-0.2, -0.15) is 8.78 Å². The maximum Gasteiger partial charge on any atom is 0.387 e. The number of aromatic nitrogens is 1. The van der Waals surface area contributed by atoms with Crippen LogP contribution in [0.3, 0.4) is 0 Å². The summed E-state index contributed by atoms with van der Waals surface area (Å²) in [6.07, 6.45) is 1.79. The summed E-state index contributed by atoms with van der Waals surface area (Å²) >= 11 is 0. The monoisotopic (exact) mass is 424 g/mol. The number of carboxylic acid groups (broad SMARTS) is 1. The number of hydrogen-bond donors (Lipinski definition) is 3. The maximum absolute atomic E-state index is 11.7. The van der Waals surface area contributed by atoms with Gasteiger partial charge < -0.3 is 20.3 Å². The van der Waals surface area contributed by atoms with Gasteiger partial charge in [-0.05, 0) is 36.6 Å². The van der Waals surface area contributed by atoms with Crippen LogP contribution in [0, 0.1) is 5.92 Å². The Morgan fingerprint density at radius 3 is 2.27 bits per heavy atom. The van der Waals surface area contributed by atoms with Crippen LogP contribution in [0.15, 0.2) is 42.6 Å². The van der Waals surface area contributed by atoms with E-state index in [2.05, 4.69) is 15.0 Å². The third kappa shape index (κ3) is 9.42. The third-order valence-corrected chi connectivity index (χ3v) is 3.80. The number of aromatic carboxylic acids is 1. The van der Waals surface area contributed by atoms with Gasteiger partial charge >= 0.3 is 12.6 Å². The first-order chi connectivity index (χ1) is 14.1. The van der Waals surface area contributed by atoms with Crippen molar-refractivity contribution in [1.29, 1.82) is 0 Å². The summed E-state index contributed by atoms with van der Waals surface area (Å²) in [5, 5.41) is 20.3. The minimum absolute atomic E-state index is 0.00375. The Morgan fingerprint density at radius 2 is 1.77 bits per heavy atom. The van der Waals surface area contributed by atoms with Gasteiger partial charge in [-0.15, -0.1) is 0 Å². The predicted octanol–water partition coefficient (Wildman–Crippen LogP) is 3.78. The van der Waals surface area contributed by atoms with E-state index in [1.807, 2.05) is 20.8 Å². The van der Waals surface area contributed by atoms with Crippen molar-refractivity contribution in [3.63, 3.8) is 0 Å². The fraction of sp³-hybridized carbons (Fsp3) is 0.381. The Balaban J connectivity index is 0.000000325. The first kappa shape index (κ1) is 25.0. The van der Waals surface area contributed by atoms with Crippen LogP contribution in [0.25, 0.3) is 0 Å². The van der Waals surface area contributed by atoms with Gasteiger partial charge in [0.2, 0.25) is 5.91 Å². The third-order valence-electron chi connectivity index (χ3n) is 3.80. The largest absolute Gasteiger partial charge is 0.478 e. The number of nitrogens with one attached hydrogen (secondary N) is 1. The highest BCUT2D eigenvalue weighted by Crippen LogP contribution is 2.15. The van der Waals surface area contributed by atoms with E-state index in [1.54, 1.807) is 24.3 Å². The second-order valence-electron chi connectivity index (χ2n) is 6.83. The molecule has 0 aliphatic heterocycles. The van der Waals surface area contributed by atoms with E-state index in [9.17, 15) is 18.4 Å². The first-order valence-electron chi connectivity index (χ1n) is 9.25. The van der Waals surface area contributed by atoms with Gasteiger partial charge in [-0.25, -0.2) is 4.79 Å². The van der Waals surface area contributed by atoms with Crippen molar-refractivity contribution in [2.45, 2.75) is 46.5 Å². The van der Waals surface area contributed by atoms with Gasteiger partial charge in [0.15, 0.2) is 0 Å². The summed E-state index contributed by atoms with van der Waals surface area (Å²) in [4.78, 5) is 26.0. The van der Waals surface area contributed by atoms with Crippen molar-refractivity contribution in [3.8, 4) is 5.75 Å². The lowest BCUT2D eigenvalue weighted by Crippen LogP contribution is -2.27. The van der Waals surface area contributed by atoms with Gasteiger partial charge in [0.1, 0.15) is 5.75 Å². The molecule has 0 bridgehead atoms. The Morgan fingerprint density at radius 1 is 1.13 bits per heavy atom. The molecule has 1 heterocycles. The van der Waals surface area contributed by atoms with Crippen LogP contribution >= 0.6 is 0 Å². The molecule has 1 aromatic carbocycles. The molecule has 0 fully saturated rings. The molecule has 0 radical (unpaired) electrons. The van der Waals surface area contributed by atoms with E-state index < -0.39 is 12.6 Å². The van der Waals surface area contributed by atoms with E-state index in [0.717, 1.165) is 5.56 Å². The highest BCUT2D eigenvalue weighted by molar-refractivity contribution is 5.87. The van der Waals surface area contributed by atoms with Crippen LogP contribution in [0.5, 0.6) is 5.75 Å². The molecular formula is C21H26F2N2O5. The molecule has 0 aliphatic rings. The van der Waals surface area contributed by atoms with Crippen LogP contribution in [-0.2, 0) is 11.4 Å². The van der Waals surface area contributed by atoms with Crippen molar-refractivity contribution in [1.82, 2.24) is 10.3 Å². The molecular weight excluding hydrogens is 398 g/mol. The highest BCUT2D eigenvalue weighted by Gasteiger charge is 2.11.